The number of hydrogen-bond donors (Lipinski definition) is 2. The van der Waals surface area contributed by atoms with Gasteiger partial charge in [0.05, 0.1) is 16.4 Å². The number of rotatable bonds is 8. The number of nitrogens with zero attached hydrogens (tertiary/aromatic N) is 1. The molecule has 0 fully saturated rings. The molecule has 0 saturated carbocycles. The van der Waals surface area contributed by atoms with Crippen LogP contribution in [0.15, 0.2) is 41.6 Å². The maximum Gasteiger partial charge on any atom is 0.435 e. The van der Waals surface area contributed by atoms with Crippen LogP contribution in [0.2, 0.25) is 15.1 Å². The van der Waals surface area contributed by atoms with Gasteiger partial charge in [-0.05, 0) is 36.8 Å². The highest BCUT2D eigenvalue weighted by Gasteiger charge is 2.62. The molecule has 0 aromatic heterocycles. The highest BCUT2D eigenvalue weighted by Crippen LogP contribution is 2.49. The fourth-order valence-electron chi connectivity index (χ4n) is 3.38. The van der Waals surface area contributed by atoms with Crippen LogP contribution in [0.4, 0.5) is 18.9 Å². The average Bonchev–Trinajstić information content (AvgIpc) is 3.20. The third kappa shape index (κ3) is 5.86. The third-order valence-corrected chi connectivity index (χ3v) is 5.92. The zero-order valence-electron chi connectivity index (χ0n) is 17.5. The van der Waals surface area contributed by atoms with Crippen molar-refractivity contribution in [3.63, 3.8) is 0 Å². The second-order valence-corrected chi connectivity index (χ2v) is 8.89. The lowest BCUT2D eigenvalue weighted by Gasteiger charge is -2.29. The van der Waals surface area contributed by atoms with Gasteiger partial charge in [-0.3, -0.25) is 15.6 Å². The molecule has 0 saturated heterocycles. The van der Waals surface area contributed by atoms with E-state index in [4.69, 9.17) is 39.6 Å². The monoisotopic (exact) mass is 521 g/mol. The molecule has 1 heterocycles. The molecule has 5 nitrogen and oxygen atoms in total. The predicted octanol–water partition coefficient (Wildman–Crippen LogP) is 7.25. The molecule has 2 N–H and O–H groups in total. The number of oxime groups is 1. The van der Waals surface area contributed by atoms with Crippen LogP contribution in [0.5, 0.6) is 0 Å². The van der Waals surface area contributed by atoms with E-state index in [-0.39, 0.29) is 32.3 Å². The first kappa shape index (κ1) is 25.5. The van der Waals surface area contributed by atoms with Crippen molar-refractivity contribution in [2.24, 2.45) is 5.16 Å². The minimum Gasteiger partial charge on any atom is -0.374 e. The fourth-order valence-corrected chi connectivity index (χ4v) is 4.07. The van der Waals surface area contributed by atoms with Gasteiger partial charge in [-0.25, -0.2) is 0 Å². The second-order valence-electron chi connectivity index (χ2n) is 7.61. The van der Waals surface area contributed by atoms with Gasteiger partial charge in [0.1, 0.15) is 0 Å². The molecule has 0 spiro atoms. The van der Waals surface area contributed by atoms with Crippen LogP contribution in [0.25, 0.3) is 0 Å². The van der Waals surface area contributed by atoms with E-state index < -0.39 is 18.2 Å². The minimum atomic E-state index is -4.80. The number of nitrogens with one attached hydrogen (secondary N) is 2. The van der Waals surface area contributed by atoms with Gasteiger partial charge in [-0.1, -0.05) is 65.8 Å². The number of anilines is 1. The Bertz CT molecular complexity index is 1040. The van der Waals surface area contributed by atoms with Gasteiger partial charge in [0.2, 0.25) is 5.91 Å². The summed E-state index contributed by atoms with van der Waals surface area (Å²) in [7, 11) is 0. The zero-order chi connectivity index (χ0) is 24.2. The molecule has 0 aliphatic carbocycles. The summed E-state index contributed by atoms with van der Waals surface area (Å²) < 4.78 is 42.5. The number of halogens is 6. The first-order valence-electron chi connectivity index (χ1n) is 10.2. The minimum absolute atomic E-state index is 0.0471. The summed E-state index contributed by atoms with van der Waals surface area (Å²) in [6, 6.07) is 8.16. The summed E-state index contributed by atoms with van der Waals surface area (Å²) in [5.74, 6) is -0.222. The van der Waals surface area contributed by atoms with Crippen molar-refractivity contribution < 1.29 is 22.8 Å². The summed E-state index contributed by atoms with van der Waals surface area (Å²) in [6.07, 6.45) is -2.39. The summed E-state index contributed by atoms with van der Waals surface area (Å²) in [5.41, 5.74) is 2.99. The maximum absolute atomic E-state index is 14.2. The number of benzene rings is 2. The van der Waals surface area contributed by atoms with Crippen molar-refractivity contribution >= 4 is 52.1 Å². The lowest BCUT2D eigenvalue weighted by atomic mass is 9.86. The van der Waals surface area contributed by atoms with E-state index in [1.165, 1.54) is 24.3 Å². The van der Waals surface area contributed by atoms with Crippen LogP contribution in [-0.2, 0) is 15.2 Å². The van der Waals surface area contributed by atoms with Crippen LogP contribution < -0.4 is 10.9 Å². The van der Waals surface area contributed by atoms with E-state index in [2.05, 4.69) is 16.0 Å². The molecular weight excluding hydrogens is 502 g/mol. The van der Waals surface area contributed by atoms with Crippen LogP contribution in [0.3, 0.4) is 0 Å². The number of unbranched alkanes of at least 4 members (excludes halogenated alkanes) is 2. The molecule has 1 unspecified atom stereocenters. The molecule has 1 aliphatic heterocycles. The van der Waals surface area contributed by atoms with E-state index in [9.17, 15) is 18.0 Å². The number of carbonyl (C=O) groups excluding carboxylic acids is 1. The molecular formula is C22H21Cl3F3N3O2. The average molecular weight is 523 g/mol. The largest absolute Gasteiger partial charge is 0.435 e. The Balaban J connectivity index is 1.81. The lowest BCUT2D eigenvalue weighted by molar-refractivity contribution is -0.275. The quantitative estimate of drug-likeness (QED) is 0.283. The van der Waals surface area contributed by atoms with Crippen LogP contribution in [0, 0.1) is 0 Å². The van der Waals surface area contributed by atoms with Gasteiger partial charge in [-0.2, -0.15) is 13.2 Å². The number of carbonyl (C=O) groups is 1. The van der Waals surface area contributed by atoms with Gasteiger partial charge in [0, 0.05) is 34.0 Å². The molecule has 0 radical (unpaired) electrons. The predicted molar refractivity (Wildman–Crippen MR) is 124 cm³/mol. The highest BCUT2D eigenvalue weighted by atomic mass is 35.5. The number of alkyl halides is 3. The zero-order valence-corrected chi connectivity index (χ0v) is 19.8. The molecule has 1 amide bonds. The Morgan fingerprint density at radius 3 is 2.45 bits per heavy atom. The lowest BCUT2D eigenvalue weighted by Crippen LogP contribution is -2.42. The SMILES string of the molecule is CCCCCC(=O)NNc1cc(C2=NOC(c3cc(Cl)cc(Cl)c3)(C(F)(F)F)C2)ccc1Cl. The molecule has 2 aromatic rings. The van der Waals surface area contributed by atoms with E-state index in [1.54, 1.807) is 0 Å². The summed E-state index contributed by atoms with van der Waals surface area (Å²) in [4.78, 5) is 17.0. The Labute approximate surface area is 204 Å². The number of hydrazine groups is 1. The summed E-state index contributed by atoms with van der Waals surface area (Å²) in [5, 5.41) is 4.10. The summed E-state index contributed by atoms with van der Waals surface area (Å²) >= 11 is 18.0. The van der Waals surface area contributed by atoms with Gasteiger partial charge in [0.15, 0.2) is 0 Å². The molecule has 1 atom stereocenters. The smallest absolute Gasteiger partial charge is 0.374 e. The van der Waals surface area contributed by atoms with Crippen molar-refractivity contribution in [2.75, 3.05) is 5.43 Å². The molecule has 0 bridgehead atoms. The topological polar surface area (TPSA) is 62.7 Å². The van der Waals surface area contributed by atoms with Crippen molar-refractivity contribution in [3.8, 4) is 0 Å². The highest BCUT2D eigenvalue weighted by molar-refractivity contribution is 6.34. The van der Waals surface area contributed by atoms with E-state index in [0.717, 1.165) is 31.4 Å². The third-order valence-electron chi connectivity index (χ3n) is 5.16. The first-order chi connectivity index (χ1) is 15.6. The van der Waals surface area contributed by atoms with Crippen LogP contribution >= 0.6 is 34.8 Å². The normalized spacial score (nSPS) is 18.0. The Kier molecular flexibility index (Phi) is 8.03. The molecule has 11 heteroatoms. The number of amides is 1. The standard InChI is InChI=1S/C22H21Cl3F3N3O2/c1-2-3-4-5-20(32)30-29-18-8-13(6-7-17(18)25)19-12-21(33-31-19,22(26,27)28)14-9-15(23)11-16(24)10-14/h6-11,29H,2-5,12H2,1H3,(H,30,32). The van der Waals surface area contributed by atoms with Gasteiger partial charge in [0.25, 0.3) is 5.60 Å². The Hall–Kier alpha value is -2.16. The molecule has 3 rings (SSSR count). The van der Waals surface area contributed by atoms with Gasteiger partial charge in [-0.15, -0.1) is 0 Å². The van der Waals surface area contributed by atoms with Crippen molar-refractivity contribution in [1.29, 1.82) is 0 Å². The van der Waals surface area contributed by atoms with E-state index in [1.807, 2.05) is 6.92 Å². The van der Waals surface area contributed by atoms with Crippen molar-refractivity contribution in [1.82, 2.24) is 5.43 Å². The Morgan fingerprint density at radius 1 is 1.12 bits per heavy atom. The van der Waals surface area contributed by atoms with E-state index >= 15 is 0 Å². The molecule has 33 heavy (non-hydrogen) atoms. The van der Waals surface area contributed by atoms with Crippen LogP contribution in [0.1, 0.15) is 50.2 Å². The molecule has 1 aliphatic rings. The number of hydrogen-bond acceptors (Lipinski definition) is 4. The maximum atomic E-state index is 14.2. The van der Waals surface area contributed by atoms with Crippen molar-refractivity contribution in [3.05, 3.63) is 62.6 Å². The van der Waals surface area contributed by atoms with Crippen molar-refractivity contribution in [2.45, 2.75) is 50.8 Å². The van der Waals surface area contributed by atoms with Gasteiger partial charge < -0.3 is 4.84 Å². The first-order valence-corrected chi connectivity index (χ1v) is 11.3. The molecule has 178 valence electrons. The van der Waals surface area contributed by atoms with Crippen LogP contribution in [-0.4, -0.2) is 17.8 Å². The van der Waals surface area contributed by atoms with Gasteiger partial charge >= 0.3 is 6.18 Å². The second kappa shape index (κ2) is 10.4. The fraction of sp³-hybridized carbons (Fsp3) is 0.364. The van der Waals surface area contributed by atoms with E-state index in [0.29, 0.717) is 17.7 Å². The summed E-state index contributed by atoms with van der Waals surface area (Å²) in [6.45, 7) is 2.03. The Morgan fingerprint density at radius 2 is 1.82 bits per heavy atom. The molecule has 2 aromatic carbocycles.